The van der Waals surface area contributed by atoms with E-state index in [0.717, 1.165) is 17.0 Å². The van der Waals surface area contributed by atoms with Crippen molar-refractivity contribution in [3.63, 3.8) is 0 Å². The number of aromatic nitrogens is 2. The Morgan fingerprint density at radius 2 is 1.35 bits per heavy atom. The van der Waals surface area contributed by atoms with Crippen LogP contribution in [0.25, 0.3) is 22.6 Å². The molecule has 0 amide bonds. The van der Waals surface area contributed by atoms with Crippen LogP contribution in [-0.2, 0) is 14.1 Å². The lowest BCUT2D eigenvalue weighted by Gasteiger charge is -2.03. The van der Waals surface area contributed by atoms with Gasteiger partial charge in [-0.05, 0) is 12.1 Å². The van der Waals surface area contributed by atoms with Crippen molar-refractivity contribution in [1.82, 2.24) is 4.57 Å². The van der Waals surface area contributed by atoms with Gasteiger partial charge in [0, 0.05) is 5.56 Å². The Balaban J connectivity index is 2.25. The van der Waals surface area contributed by atoms with Crippen molar-refractivity contribution in [1.29, 1.82) is 0 Å². The van der Waals surface area contributed by atoms with E-state index < -0.39 is 0 Å². The number of hydrogen-bond donors (Lipinski definition) is 0. The van der Waals surface area contributed by atoms with Crippen molar-refractivity contribution in [2.75, 3.05) is 0 Å². The molecule has 20 heavy (non-hydrogen) atoms. The van der Waals surface area contributed by atoms with Crippen LogP contribution in [0.1, 0.15) is 0 Å². The van der Waals surface area contributed by atoms with E-state index in [9.17, 15) is 5.11 Å². The van der Waals surface area contributed by atoms with Crippen molar-refractivity contribution in [2.45, 2.75) is 0 Å². The van der Waals surface area contributed by atoms with Crippen LogP contribution in [0.2, 0.25) is 0 Å². The molecule has 0 aliphatic heterocycles. The van der Waals surface area contributed by atoms with Gasteiger partial charge in [-0.3, -0.25) is 0 Å². The lowest BCUT2D eigenvalue weighted by molar-refractivity contribution is -0.702. The summed E-state index contributed by atoms with van der Waals surface area (Å²) in [5.41, 5.74) is 2.70. The fourth-order valence-corrected chi connectivity index (χ4v) is 2.62. The Morgan fingerprint density at radius 1 is 0.850 bits per heavy atom. The van der Waals surface area contributed by atoms with Gasteiger partial charge in [-0.1, -0.05) is 48.5 Å². The monoisotopic (exact) mass is 264 g/mol. The van der Waals surface area contributed by atoms with Gasteiger partial charge in [-0.25, -0.2) is 9.13 Å². The van der Waals surface area contributed by atoms with Crippen molar-refractivity contribution in [3.8, 4) is 28.5 Å². The molecule has 0 radical (unpaired) electrons. The molecular weight excluding hydrogens is 248 g/mol. The Morgan fingerprint density at radius 3 is 1.90 bits per heavy atom. The molecule has 0 fully saturated rings. The highest BCUT2D eigenvalue weighted by atomic mass is 16.3. The molecule has 0 aliphatic rings. The lowest BCUT2D eigenvalue weighted by Crippen LogP contribution is -2.33. The summed E-state index contributed by atoms with van der Waals surface area (Å²) in [5.74, 6) is 0.937. The number of nitrogens with zero attached hydrogens (tertiary/aromatic N) is 2. The van der Waals surface area contributed by atoms with Gasteiger partial charge in [0.25, 0.3) is 5.82 Å². The molecule has 0 N–H and O–H groups in total. The first-order valence-electron chi connectivity index (χ1n) is 6.56. The van der Waals surface area contributed by atoms with Crippen LogP contribution in [0.4, 0.5) is 0 Å². The quantitative estimate of drug-likeness (QED) is 0.653. The van der Waals surface area contributed by atoms with Crippen LogP contribution in [0.3, 0.4) is 0 Å². The maximum Gasteiger partial charge on any atom is 0.288 e. The Hall–Kier alpha value is -2.55. The largest absolute Gasteiger partial charge is 0.839 e. The zero-order valence-electron chi connectivity index (χ0n) is 11.6. The number of rotatable bonds is 2. The van der Waals surface area contributed by atoms with E-state index in [-0.39, 0.29) is 5.88 Å². The molecule has 0 unspecified atom stereocenters. The molecule has 0 aliphatic carbocycles. The molecule has 0 spiro atoms. The number of imidazole rings is 1. The molecule has 2 aromatic carbocycles. The van der Waals surface area contributed by atoms with Crippen LogP contribution in [0.15, 0.2) is 60.7 Å². The van der Waals surface area contributed by atoms with Crippen LogP contribution >= 0.6 is 0 Å². The molecule has 3 aromatic rings. The number of hydrogen-bond acceptors (Lipinski definition) is 1. The molecular formula is C17H16N2O. The third-order valence-electron chi connectivity index (χ3n) is 3.56. The second kappa shape index (κ2) is 4.85. The molecule has 1 heterocycles. The molecule has 3 heteroatoms. The summed E-state index contributed by atoms with van der Waals surface area (Å²) in [7, 11) is 3.75. The van der Waals surface area contributed by atoms with E-state index in [1.807, 2.05) is 79.3 Å². The lowest BCUT2D eigenvalue weighted by atomic mass is 10.1. The summed E-state index contributed by atoms with van der Waals surface area (Å²) in [4.78, 5) is 0. The average molecular weight is 264 g/mol. The molecule has 3 nitrogen and oxygen atoms in total. The zero-order chi connectivity index (χ0) is 14.1. The minimum Gasteiger partial charge on any atom is -0.839 e. The smallest absolute Gasteiger partial charge is 0.288 e. The Kier molecular flexibility index (Phi) is 3.03. The molecule has 0 atom stereocenters. The minimum atomic E-state index is 0.0255. The molecule has 0 bridgehead atoms. The van der Waals surface area contributed by atoms with Crippen LogP contribution in [0.5, 0.6) is 5.88 Å². The zero-order valence-corrected chi connectivity index (χ0v) is 11.6. The van der Waals surface area contributed by atoms with Crippen LogP contribution in [-0.4, -0.2) is 4.57 Å². The summed E-state index contributed by atoms with van der Waals surface area (Å²) >= 11 is 0. The van der Waals surface area contributed by atoms with Crippen molar-refractivity contribution in [2.24, 2.45) is 14.1 Å². The van der Waals surface area contributed by atoms with Gasteiger partial charge in [0.05, 0.1) is 19.7 Å². The molecule has 0 saturated heterocycles. The maximum atomic E-state index is 12.5. The van der Waals surface area contributed by atoms with E-state index in [2.05, 4.69) is 0 Å². The Bertz CT molecular complexity index is 668. The summed E-state index contributed by atoms with van der Waals surface area (Å²) in [5, 5.41) is 12.5. The summed E-state index contributed by atoms with van der Waals surface area (Å²) in [6.45, 7) is 0. The Labute approximate surface area is 118 Å². The summed E-state index contributed by atoms with van der Waals surface area (Å²) in [6, 6.07) is 19.7. The van der Waals surface area contributed by atoms with Crippen molar-refractivity contribution in [3.05, 3.63) is 60.7 Å². The van der Waals surface area contributed by atoms with Crippen molar-refractivity contribution >= 4 is 0 Å². The SMILES string of the molecule is Cn1c(-c2ccccc2)c([O-])[n+](C)c1-c1ccccc1. The fourth-order valence-electron chi connectivity index (χ4n) is 2.62. The summed E-state index contributed by atoms with van der Waals surface area (Å²) < 4.78 is 3.67. The third-order valence-corrected chi connectivity index (χ3v) is 3.56. The highest BCUT2D eigenvalue weighted by Gasteiger charge is 2.23. The van der Waals surface area contributed by atoms with Gasteiger partial charge in [0.2, 0.25) is 0 Å². The predicted molar refractivity (Wildman–Crippen MR) is 76.9 cm³/mol. The first-order chi connectivity index (χ1) is 9.70. The van der Waals surface area contributed by atoms with Crippen LogP contribution in [0, 0.1) is 0 Å². The maximum absolute atomic E-state index is 12.5. The second-order valence-electron chi connectivity index (χ2n) is 4.83. The van der Waals surface area contributed by atoms with E-state index in [1.165, 1.54) is 0 Å². The summed E-state index contributed by atoms with van der Waals surface area (Å²) in [6.07, 6.45) is 0. The second-order valence-corrected chi connectivity index (χ2v) is 4.83. The molecule has 100 valence electrons. The molecule has 0 saturated carbocycles. The fraction of sp³-hybridized carbons (Fsp3) is 0.118. The van der Waals surface area contributed by atoms with Gasteiger partial charge < -0.3 is 5.11 Å². The van der Waals surface area contributed by atoms with Gasteiger partial charge in [0.15, 0.2) is 5.69 Å². The normalized spacial score (nSPS) is 10.7. The van der Waals surface area contributed by atoms with Crippen LogP contribution < -0.4 is 9.67 Å². The first kappa shape index (κ1) is 12.5. The van der Waals surface area contributed by atoms with Gasteiger partial charge >= 0.3 is 0 Å². The van der Waals surface area contributed by atoms with Crippen molar-refractivity contribution < 1.29 is 9.67 Å². The highest BCUT2D eigenvalue weighted by Crippen LogP contribution is 2.29. The highest BCUT2D eigenvalue weighted by molar-refractivity contribution is 5.67. The predicted octanol–water partition coefficient (Wildman–Crippen LogP) is 2.26. The van der Waals surface area contributed by atoms with Gasteiger partial charge in [-0.15, -0.1) is 0 Å². The third kappa shape index (κ3) is 1.88. The molecule has 3 rings (SSSR count). The first-order valence-corrected chi connectivity index (χ1v) is 6.56. The van der Waals surface area contributed by atoms with E-state index in [4.69, 9.17) is 0 Å². The van der Waals surface area contributed by atoms with Gasteiger partial charge in [-0.2, -0.15) is 0 Å². The van der Waals surface area contributed by atoms with E-state index >= 15 is 0 Å². The standard InChI is InChI=1S/C17H16N2O/c1-18-15(13-9-5-3-6-10-13)17(20)19(2)16(18)14-11-7-4-8-12-14/h3-12H,1-2H3. The molecule has 1 aromatic heterocycles. The topological polar surface area (TPSA) is 31.9 Å². The van der Waals surface area contributed by atoms with Gasteiger partial charge in [0.1, 0.15) is 5.88 Å². The van der Waals surface area contributed by atoms with E-state index in [0.29, 0.717) is 5.69 Å². The van der Waals surface area contributed by atoms with E-state index in [1.54, 1.807) is 4.57 Å². The minimum absolute atomic E-state index is 0.0255. The number of benzene rings is 2. The average Bonchev–Trinajstić information content (AvgIpc) is 2.71.